The highest BCUT2D eigenvalue weighted by molar-refractivity contribution is 6.11. The fraction of sp³-hybridized carbons (Fsp3) is 0.464. The number of fused-ring (bicyclic) bond motifs is 6. The summed E-state index contributed by atoms with van der Waals surface area (Å²) >= 11 is 0. The normalized spacial score (nSPS) is 21.2. The molecule has 0 bridgehead atoms. The molecule has 8 aromatic rings. The number of ether oxygens (including phenoxy) is 5. The number of benzene rings is 6. The molecular weight excluding hydrogens is 1630 g/mol. The third kappa shape index (κ3) is 20.0. The predicted molar refractivity (Wildman–Crippen MR) is 465 cm³/mol. The summed E-state index contributed by atoms with van der Waals surface area (Å²) in [5.41, 5.74) is 9.09. The van der Waals surface area contributed by atoms with Crippen LogP contribution in [0.3, 0.4) is 0 Å². The third-order valence-corrected chi connectivity index (χ3v) is 25.8. The lowest BCUT2D eigenvalue weighted by Gasteiger charge is -2.33. The Hall–Kier alpha value is -11.8. The van der Waals surface area contributed by atoms with Crippen LogP contribution in [0.15, 0.2) is 126 Å². The van der Waals surface area contributed by atoms with E-state index in [4.69, 9.17) is 28.1 Å². The monoisotopic (exact) mass is 1740 g/mol. The van der Waals surface area contributed by atoms with Gasteiger partial charge in [0.15, 0.2) is 23.1 Å². The molecule has 5 amide bonds. The van der Waals surface area contributed by atoms with Gasteiger partial charge >= 0.3 is 6.09 Å². The lowest BCUT2D eigenvalue weighted by atomic mass is 9.92. The van der Waals surface area contributed by atoms with Crippen LogP contribution >= 0.6 is 12.4 Å². The first kappa shape index (κ1) is 89.1. The molecule has 7 fully saturated rings. The molecule has 11 aliphatic rings. The third-order valence-electron chi connectivity index (χ3n) is 25.8. The number of ketones is 8. The number of Topliss-reactive ketones (excluding diaryl/α,β-unsaturated/α-hetero) is 8. The van der Waals surface area contributed by atoms with Gasteiger partial charge in [0.2, 0.25) is 0 Å². The lowest BCUT2D eigenvalue weighted by Crippen LogP contribution is -2.44. The number of furan rings is 1. The van der Waals surface area contributed by atoms with Gasteiger partial charge < -0.3 is 62.5 Å². The number of nitrogens with zero attached hydrogens (tertiary/aromatic N) is 8. The van der Waals surface area contributed by atoms with Gasteiger partial charge in [-0.05, 0) is 201 Å². The Morgan fingerprint density at radius 1 is 0.460 bits per heavy atom. The van der Waals surface area contributed by atoms with E-state index in [1.54, 1.807) is 67.0 Å². The summed E-state index contributed by atoms with van der Waals surface area (Å²) in [6.07, 6.45) is 10.1. The van der Waals surface area contributed by atoms with Gasteiger partial charge in [-0.1, -0.05) is 55.0 Å². The van der Waals surface area contributed by atoms with Crippen LogP contribution in [0, 0.1) is 11.8 Å². The molecule has 28 nitrogen and oxygen atoms in total. The number of para-hydroxylation sites is 2. The van der Waals surface area contributed by atoms with Crippen molar-refractivity contribution in [1.82, 2.24) is 44.3 Å². The van der Waals surface area contributed by atoms with E-state index in [0.717, 1.165) is 120 Å². The molecule has 662 valence electrons. The molecule has 3 saturated heterocycles. The molecule has 1 N–H and O–H groups in total. The van der Waals surface area contributed by atoms with Crippen LogP contribution in [0.1, 0.15) is 224 Å². The molecule has 0 spiro atoms. The number of halogens is 1. The van der Waals surface area contributed by atoms with Gasteiger partial charge in [-0.25, -0.2) is 9.78 Å². The number of aryl methyl sites for hydroxylation is 1. The van der Waals surface area contributed by atoms with E-state index in [2.05, 4.69) is 33.4 Å². The molecule has 4 atom stereocenters. The summed E-state index contributed by atoms with van der Waals surface area (Å²) in [5.74, 6) is 3.52. The lowest BCUT2D eigenvalue weighted by molar-refractivity contribution is -0.134. The molecule has 2 aromatic heterocycles. The summed E-state index contributed by atoms with van der Waals surface area (Å²) in [5, 5.41) is 4.39. The van der Waals surface area contributed by atoms with Crippen LogP contribution in [-0.4, -0.2) is 197 Å². The first-order valence-corrected chi connectivity index (χ1v) is 44.1. The minimum absolute atomic E-state index is 0. The molecule has 19 rings (SSSR count). The summed E-state index contributed by atoms with van der Waals surface area (Å²) in [6.45, 7) is 15.2. The minimum Gasteiger partial charge on any atom is -0.493 e. The molecular formula is C97H108ClN9O19. The Morgan fingerprint density at radius 3 is 1.29 bits per heavy atom. The molecule has 4 unspecified atom stereocenters. The van der Waals surface area contributed by atoms with Gasteiger partial charge in [0, 0.05) is 102 Å². The van der Waals surface area contributed by atoms with Gasteiger partial charge in [0.1, 0.15) is 82.1 Å². The summed E-state index contributed by atoms with van der Waals surface area (Å²) in [4.78, 5) is 175. The fourth-order valence-corrected chi connectivity index (χ4v) is 19.0. The quantitative estimate of drug-likeness (QED) is 0.0780. The van der Waals surface area contributed by atoms with Crippen LogP contribution in [0.2, 0.25) is 0 Å². The number of nitrogens with one attached hydrogen (secondary N) is 1. The van der Waals surface area contributed by atoms with Crippen LogP contribution < -0.4 is 24.3 Å². The number of likely N-dealkylation sites (tertiary alicyclic amines) is 2. The highest BCUT2D eigenvalue weighted by atomic mass is 35.5. The Bertz CT molecular complexity index is 5570. The number of rotatable bonds is 18. The fourth-order valence-electron chi connectivity index (χ4n) is 19.0. The number of piperidine rings is 3. The van der Waals surface area contributed by atoms with Crippen molar-refractivity contribution in [2.24, 2.45) is 18.9 Å². The van der Waals surface area contributed by atoms with Crippen molar-refractivity contribution in [2.75, 3.05) is 52.5 Å². The zero-order valence-corrected chi connectivity index (χ0v) is 72.6. The molecule has 126 heavy (non-hydrogen) atoms. The Balaban J connectivity index is 0.000000130. The van der Waals surface area contributed by atoms with Crippen LogP contribution in [0.4, 0.5) is 4.79 Å². The van der Waals surface area contributed by atoms with Crippen LogP contribution in [-0.2, 0) is 96.1 Å². The number of carbonyl (C=O) groups is 13. The van der Waals surface area contributed by atoms with Crippen molar-refractivity contribution in [3.8, 4) is 23.0 Å². The van der Waals surface area contributed by atoms with Gasteiger partial charge in [-0.2, -0.15) is 0 Å². The molecule has 4 aliphatic carbocycles. The van der Waals surface area contributed by atoms with E-state index in [1.165, 1.54) is 24.8 Å². The van der Waals surface area contributed by atoms with Gasteiger partial charge in [0.25, 0.3) is 23.6 Å². The van der Waals surface area contributed by atoms with Gasteiger partial charge in [-0.3, -0.25) is 62.4 Å². The Labute approximate surface area is 737 Å². The van der Waals surface area contributed by atoms with Crippen molar-refractivity contribution in [1.29, 1.82) is 0 Å². The summed E-state index contributed by atoms with van der Waals surface area (Å²) < 4.78 is 38.0. The topological polar surface area (TPSA) is 330 Å². The van der Waals surface area contributed by atoms with Crippen molar-refractivity contribution in [3.05, 3.63) is 183 Å². The standard InChI is InChI=1S/C29H30N2O5.C25H32N2O6.C23H21N3O4.C20H24N2O4.ClH/c32-21-9-10-25(26(33)15-21)31-17-24-23(29(31)34)5-4-6-27(24)35-18-22-14-20-8-7-19(13-28(20)36-22)16-30-11-2-1-3-12-30;1-25(2,3)33-24(31)26-11-9-16(10-12-26)15-32-22-6-4-5-18-19(22)14-27(23(18)30)20-8-7-17(28)13-21(20)29;1-25-18-7-3-2-6-17(18)24-22(25)13-30-21-8-4-5-15-16(21)12-26(23(15)29)19-10-9-14(27)11-20(19)28;23-14-4-5-17(18(24)10-14)22-11-16-15(20(22)25)2-1-3-19(16)26-12-13-6-8-21-9-7-13;/h4-8,13-14,25H,1-3,9-12,15-18H2;4-6,16,20H,7-15H2,1-3H3;2-8,19H,9-13H2,1H3;1-3,13,17,21H,4-12H2;1H. The highest BCUT2D eigenvalue weighted by Gasteiger charge is 2.45. The minimum atomic E-state index is -0.537. The number of amides is 5. The first-order valence-electron chi connectivity index (χ1n) is 44.1. The van der Waals surface area contributed by atoms with Crippen molar-refractivity contribution >= 4 is 110 Å². The largest absolute Gasteiger partial charge is 0.493 e. The van der Waals surface area contributed by atoms with E-state index in [9.17, 15) is 62.3 Å². The van der Waals surface area contributed by atoms with E-state index >= 15 is 0 Å². The first-order chi connectivity index (χ1) is 60.3. The Morgan fingerprint density at radius 2 is 0.873 bits per heavy atom. The van der Waals surface area contributed by atoms with E-state index < -0.39 is 29.8 Å². The zero-order chi connectivity index (χ0) is 87.3. The second-order valence-corrected chi connectivity index (χ2v) is 35.6. The average Bonchev–Trinajstić information content (AvgIpc) is 1.65. The summed E-state index contributed by atoms with van der Waals surface area (Å²) in [7, 11) is 1.95. The number of hydrogen-bond acceptors (Lipinski definition) is 22. The maximum atomic E-state index is 13.1. The number of aromatic nitrogens is 2. The molecule has 7 aliphatic heterocycles. The maximum absolute atomic E-state index is 13.1. The molecule has 0 radical (unpaired) electrons. The van der Waals surface area contributed by atoms with E-state index in [0.29, 0.717) is 155 Å². The second kappa shape index (κ2) is 39.0. The highest BCUT2D eigenvalue weighted by Crippen LogP contribution is 2.41. The van der Waals surface area contributed by atoms with Crippen LogP contribution in [0.25, 0.3) is 22.0 Å². The Kier molecular flexibility index (Phi) is 27.6. The van der Waals surface area contributed by atoms with Gasteiger partial charge in [-0.15, -0.1) is 12.4 Å². The molecule has 6 aromatic carbocycles. The van der Waals surface area contributed by atoms with Crippen LogP contribution in [0.5, 0.6) is 23.0 Å². The van der Waals surface area contributed by atoms with Crippen molar-refractivity contribution in [2.45, 2.75) is 218 Å². The predicted octanol–water partition coefficient (Wildman–Crippen LogP) is 12.9. The average molecular weight is 1740 g/mol. The number of carbonyl (C=O) groups excluding carboxylic acids is 13. The smallest absolute Gasteiger partial charge is 0.410 e. The second-order valence-electron chi connectivity index (χ2n) is 35.6. The van der Waals surface area contributed by atoms with E-state index in [1.807, 2.05) is 93.0 Å². The molecule has 4 saturated carbocycles. The zero-order valence-electron chi connectivity index (χ0n) is 71.8. The molecule has 9 heterocycles. The molecule has 29 heteroatoms. The SMILES string of the molecule is CC(C)(C)OC(=O)N1CCC(COc2cccc3c2CN(C2CCC(=O)CC2=O)C3=O)CC1.Cl.Cn1c(COc2cccc3c2CN(C2CCC(=O)CC2=O)C3=O)nc2ccccc21.O=C1CCC(N2Cc3c(OCC4CCNCC4)cccc3C2=O)C(=O)C1.O=C1CCC(N2Cc3c(OCc4cc5ccc(CN6CCCCC6)cc5o4)cccc3C2=O)C(=O)C1. The van der Waals surface area contributed by atoms with Crippen molar-refractivity contribution in [3.63, 3.8) is 0 Å². The van der Waals surface area contributed by atoms with E-state index in [-0.39, 0.29) is 127 Å². The van der Waals surface area contributed by atoms with Gasteiger partial charge in [0.05, 0.1) is 100 Å². The van der Waals surface area contributed by atoms with Crippen molar-refractivity contribution < 1.29 is 90.4 Å². The summed E-state index contributed by atoms with van der Waals surface area (Å²) in [6, 6.07) is 36.0. The number of imidazole rings is 1. The number of hydrogen-bond donors (Lipinski definition) is 1. The maximum Gasteiger partial charge on any atom is 0.410 e.